The lowest BCUT2D eigenvalue weighted by molar-refractivity contribution is -0.119. The van der Waals surface area contributed by atoms with Crippen LogP contribution in [0.25, 0.3) is 0 Å². The molecule has 0 unspecified atom stereocenters. The lowest BCUT2D eigenvalue weighted by Crippen LogP contribution is -2.41. The highest BCUT2D eigenvalue weighted by atomic mass is 35.5. The van der Waals surface area contributed by atoms with E-state index in [0.717, 1.165) is 25.1 Å². The molecule has 2 rings (SSSR count). The Balaban J connectivity index is 2.08. The van der Waals surface area contributed by atoms with Crippen LogP contribution in [0.2, 0.25) is 5.02 Å². The molecule has 0 aromatic heterocycles. The summed E-state index contributed by atoms with van der Waals surface area (Å²) in [6, 6.07) is 7.27. The molecule has 1 amide bonds. The lowest BCUT2D eigenvalue weighted by Gasteiger charge is -2.21. The highest BCUT2D eigenvalue weighted by Gasteiger charge is 2.25. The summed E-state index contributed by atoms with van der Waals surface area (Å²) in [5, 5.41) is 3.89. The summed E-state index contributed by atoms with van der Waals surface area (Å²) in [5.41, 5.74) is 0.878. The van der Waals surface area contributed by atoms with Crippen molar-refractivity contribution in [3.05, 3.63) is 29.3 Å². The number of nitrogens with one attached hydrogen (secondary N) is 1. The van der Waals surface area contributed by atoms with Gasteiger partial charge in [0, 0.05) is 17.8 Å². The van der Waals surface area contributed by atoms with Crippen LogP contribution in [-0.4, -0.2) is 25.5 Å². The van der Waals surface area contributed by atoms with E-state index in [4.69, 9.17) is 11.6 Å². The smallest absolute Gasteiger partial charge is 0.243 e. The maximum atomic E-state index is 12.1. The molecule has 1 aliphatic heterocycles. The molecule has 0 aliphatic carbocycles. The number of anilines is 1. The van der Waals surface area contributed by atoms with Crippen molar-refractivity contribution in [2.75, 3.05) is 18.5 Å². The summed E-state index contributed by atoms with van der Waals surface area (Å²) in [6.07, 6.45) is 2.00. The van der Waals surface area contributed by atoms with Crippen molar-refractivity contribution in [2.45, 2.75) is 18.9 Å². The van der Waals surface area contributed by atoms with E-state index in [0.29, 0.717) is 5.02 Å². The Labute approximate surface area is 100 Å². The van der Waals surface area contributed by atoms with Gasteiger partial charge in [-0.05, 0) is 43.7 Å². The number of rotatable bonds is 2. The predicted octanol–water partition coefficient (Wildman–Crippen LogP) is 2.05. The monoisotopic (exact) mass is 238 g/mol. The number of hydrogen-bond donors (Lipinski definition) is 1. The number of carbonyl (C=O) groups excluding carboxylic acids is 1. The number of carbonyl (C=O) groups is 1. The average molecular weight is 239 g/mol. The summed E-state index contributed by atoms with van der Waals surface area (Å²) in [5.74, 6) is 0.125. The maximum absolute atomic E-state index is 12.1. The third-order valence-electron chi connectivity index (χ3n) is 2.90. The zero-order valence-electron chi connectivity index (χ0n) is 9.24. The maximum Gasteiger partial charge on any atom is 0.243 e. The first kappa shape index (κ1) is 11.4. The molecule has 4 heteroatoms. The minimum atomic E-state index is -0.0271. The zero-order chi connectivity index (χ0) is 11.5. The Kier molecular flexibility index (Phi) is 3.46. The Morgan fingerprint density at radius 1 is 1.44 bits per heavy atom. The molecular formula is C12H15ClN2O. The van der Waals surface area contributed by atoms with Crippen LogP contribution in [0.5, 0.6) is 0 Å². The van der Waals surface area contributed by atoms with Crippen molar-refractivity contribution in [3.63, 3.8) is 0 Å². The standard InChI is InChI=1S/C12H15ClN2O/c1-15(10-6-4-9(13)5-7-10)12(16)11-3-2-8-14-11/h4-7,11,14H,2-3,8H2,1H3/t11-/m0/s1. The largest absolute Gasteiger partial charge is 0.314 e. The Morgan fingerprint density at radius 3 is 2.69 bits per heavy atom. The van der Waals surface area contributed by atoms with Crippen LogP contribution >= 0.6 is 11.6 Å². The Bertz CT molecular complexity index is 371. The van der Waals surface area contributed by atoms with Crippen LogP contribution in [0.4, 0.5) is 5.69 Å². The average Bonchev–Trinajstić information content (AvgIpc) is 2.81. The van der Waals surface area contributed by atoms with E-state index in [1.54, 1.807) is 24.1 Å². The first-order chi connectivity index (χ1) is 7.68. The molecule has 1 fully saturated rings. The summed E-state index contributed by atoms with van der Waals surface area (Å²) in [7, 11) is 1.80. The predicted molar refractivity (Wildman–Crippen MR) is 65.9 cm³/mol. The van der Waals surface area contributed by atoms with Gasteiger partial charge in [-0.3, -0.25) is 4.79 Å². The second-order valence-corrected chi connectivity index (χ2v) is 4.46. The minimum Gasteiger partial charge on any atom is -0.314 e. The van der Waals surface area contributed by atoms with E-state index in [1.165, 1.54) is 0 Å². The van der Waals surface area contributed by atoms with Crippen molar-refractivity contribution in [1.82, 2.24) is 5.32 Å². The molecule has 3 nitrogen and oxygen atoms in total. The normalized spacial score (nSPS) is 19.8. The highest BCUT2D eigenvalue weighted by Crippen LogP contribution is 2.18. The number of benzene rings is 1. The second kappa shape index (κ2) is 4.85. The van der Waals surface area contributed by atoms with E-state index < -0.39 is 0 Å². The topological polar surface area (TPSA) is 32.3 Å². The van der Waals surface area contributed by atoms with E-state index >= 15 is 0 Å². The SMILES string of the molecule is CN(C(=O)[C@@H]1CCCN1)c1ccc(Cl)cc1. The van der Waals surface area contributed by atoms with E-state index in [9.17, 15) is 4.79 Å². The van der Waals surface area contributed by atoms with Crippen LogP contribution in [0.1, 0.15) is 12.8 Å². The summed E-state index contributed by atoms with van der Waals surface area (Å²) >= 11 is 5.81. The third kappa shape index (κ3) is 2.36. The molecule has 1 N–H and O–H groups in total. The van der Waals surface area contributed by atoms with Gasteiger partial charge in [-0.15, -0.1) is 0 Å². The first-order valence-electron chi connectivity index (χ1n) is 5.45. The molecule has 1 aliphatic rings. The third-order valence-corrected chi connectivity index (χ3v) is 3.15. The lowest BCUT2D eigenvalue weighted by atomic mass is 10.2. The van der Waals surface area contributed by atoms with Gasteiger partial charge in [-0.25, -0.2) is 0 Å². The van der Waals surface area contributed by atoms with Gasteiger partial charge in [-0.1, -0.05) is 11.6 Å². The van der Waals surface area contributed by atoms with Gasteiger partial charge < -0.3 is 10.2 Å². The summed E-state index contributed by atoms with van der Waals surface area (Å²) < 4.78 is 0. The molecule has 86 valence electrons. The Morgan fingerprint density at radius 2 is 2.12 bits per heavy atom. The van der Waals surface area contributed by atoms with Crippen molar-refractivity contribution in [1.29, 1.82) is 0 Å². The molecule has 1 atom stereocenters. The number of halogens is 1. The van der Waals surface area contributed by atoms with Gasteiger partial charge in [0.1, 0.15) is 0 Å². The van der Waals surface area contributed by atoms with Gasteiger partial charge in [0.05, 0.1) is 6.04 Å². The fourth-order valence-corrected chi connectivity index (χ4v) is 2.05. The van der Waals surface area contributed by atoms with Crippen LogP contribution in [0, 0.1) is 0 Å². The number of likely N-dealkylation sites (N-methyl/N-ethyl adjacent to an activating group) is 1. The van der Waals surface area contributed by atoms with Crippen LogP contribution in [0.3, 0.4) is 0 Å². The molecule has 1 aromatic carbocycles. The number of nitrogens with zero attached hydrogens (tertiary/aromatic N) is 1. The Hall–Kier alpha value is -1.06. The minimum absolute atomic E-state index is 0.0271. The molecule has 16 heavy (non-hydrogen) atoms. The van der Waals surface area contributed by atoms with E-state index in [2.05, 4.69) is 5.32 Å². The van der Waals surface area contributed by atoms with Gasteiger partial charge in [0.2, 0.25) is 5.91 Å². The molecule has 0 radical (unpaired) electrons. The highest BCUT2D eigenvalue weighted by molar-refractivity contribution is 6.30. The fourth-order valence-electron chi connectivity index (χ4n) is 1.92. The van der Waals surface area contributed by atoms with Gasteiger partial charge in [0.25, 0.3) is 0 Å². The molecular weight excluding hydrogens is 224 g/mol. The van der Waals surface area contributed by atoms with E-state index in [-0.39, 0.29) is 11.9 Å². The van der Waals surface area contributed by atoms with Crippen LogP contribution in [-0.2, 0) is 4.79 Å². The van der Waals surface area contributed by atoms with Gasteiger partial charge in [-0.2, -0.15) is 0 Å². The zero-order valence-corrected chi connectivity index (χ0v) is 10.00. The summed E-state index contributed by atoms with van der Waals surface area (Å²) in [4.78, 5) is 13.7. The fraction of sp³-hybridized carbons (Fsp3) is 0.417. The number of hydrogen-bond acceptors (Lipinski definition) is 2. The molecule has 1 heterocycles. The van der Waals surface area contributed by atoms with Crippen LogP contribution < -0.4 is 10.2 Å². The van der Waals surface area contributed by atoms with Gasteiger partial charge >= 0.3 is 0 Å². The number of amides is 1. The second-order valence-electron chi connectivity index (χ2n) is 4.02. The first-order valence-corrected chi connectivity index (χ1v) is 5.83. The van der Waals surface area contributed by atoms with Crippen molar-refractivity contribution in [2.24, 2.45) is 0 Å². The van der Waals surface area contributed by atoms with Crippen molar-refractivity contribution < 1.29 is 4.79 Å². The van der Waals surface area contributed by atoms with Crippen molar-refractivity contribution >= 4 is 23.2 Å². The molecule has 0 saturated carbocycles. The molecule has 1 aromatic rings. The quantitative estimate of drug-likeness (QED) is 0.856. The molecule has 0 bridgehead atoms. The molecule has 1 saturated heterocycles. The van der Waals surface area contributed by atoms with Gasteiger partial charge in [0.15, 0.2) is 0 Å². The molecule has 0 spiro atoms. The summed E-state index contributed by atoms with van der Waals surface area (Å²) in [6.45, 7) is 0.935. The van der Waals surface area contributed by atoms with E-state index in [1.807, 2.05) is 12.1 Å². The van der Waals surface area contributed by atoms with Crippen molar-refractivity contribution in [3.8, 4) is 0 Å². The van der Waals surface area contributed by atoms with Crippen LogP contribution in [0.15, 0.2) is 24.3 Å².